The first-order chi connectivity index (χ1) is 9.54. The molecule has 0 aliphatic carbocycles. The highest BCUT2D eigenvalue weighted by Crippen LogP contribution is 2.27. The summed E-state index contributed by atoms with van der Waals surface area (Å²) in [7, 11) is 1.55. The van der Waals surface area contributed by atoms with E-state index < -0.39 is 28.9 Å². The van der Waals surface area contributed by atoms with Crippen molar-refractivity contribution in [3.05, 3.63) is 34.1 Å². The summed E-state index contributed by atoms with van der Waals surface area (Å²) in [4.78, 5) is 21.4. The number of amides is 1. The number of nitrogens with one attached hydrogen (secondary N) is 1. The van der Waals surface area contributed by atoms with Gasteiger partial charge in [-0.1, -0.05) is 0 Å². The van der Waals surface area contributed by atoms with Gasteiger partial charge in [0.25, 0.3) is 5.91 Å². The Morgan fingerprint density at radius 1 is 1.50 bits per heavy atom. The van der Waals surface area contributed by atoms with Crippen LogP contribution in [0.5, 0.6) is 5.75 Å². The Balaban J connectivity index is 2.50. The molecular formula is C12H15FN2O5. The molecule has 110 valence electrons. The van der Waals surface area contributed by atoms with Crippen molar-refractivity contribution in [2.75, 3.05) is 26.9 Å². The summed E-state index contributed by atoms with van der Waals surface area (Å²) in [6.45, 7) is 0.495. The van der Waals surface area contributed by atoms with Gasteiger partial charge in [0.1, 0.15) is 5.82 Å². The fraction of sp³-hybridized carbons (Fsp3) is 0.417. The molecule has 0 radical (unpaired) electrons. The summed E-state index contributed by atoms with van der Waals surface area (Å²) in [6, 6.07) is 2.81. The number of hydrogen-bond acceptors (Lipinski definition) is 5. The van der Waals surface area contributed by atoms with Gasteiger partial charge >= 0.3 is 5.69 Å². The lowest BCUT2D eigenvalue weighted by Gasteiger charge is -2.07. The van der Waals surface area contributed by atoms with Crippen LogP contribution in [0, 0.1) is 15.9 Å². The van der Waals surface area contributed by atoms with Crippen molar-refractivity contribution in [3.8, 4) is 5.75 Å². The molecule has 1 amide bonds. The molecule has 0 atom stereocenters. The van der Waals surface area contributed by atoms with Gasteiger partial charge in [-0.3, -0.25) is 14.9 Å². The number of ether oxygens (including phenoxy) is 2. The fourth-order valence-electron chi connectivity index (χ4n) is 1.39. The van der Waals surface area contributed by atoms with Crippen LogP contribution in [0.2, 0.25) is 0 Å². The van der Waals surface area contributed by atoms with Crippen molar-refractivity contribution in [2.24, 2.45) is 0 Å². The van der Waals surface area contributed by atoms with E-state index in [2.05, 4.69) is 5.32 Å². The van der Waals surface area contributed by atoms with Crippen LogP contribution in [0.25, 0.3) is 0 Å². The van der Waals surface area contributed by atoms with E-state index in [0.29, 0.717) is 19.6 Å². The molecule has 0 spiro atoms. The second-order valence-electron chi connectivity index (χ2n) is 3.85. The van der Waals surface area contributed by atoms with Crippen molar-refractivity contribution in [2.45, 2.75) is 6.42 Å². The van der Waals surface area contributed by atoms with Crippen molar-refractivity contribution in [3.63, 3.8) is 0 Å². The third-order valence-corrected chi connectivity index (χ3v) is 2.32. The minimum atomic E-state index is -0.703. The number of nitro groups is 1. The Bertz CT molecular complexity index is 481. The Kier molecular flexibility index (Phi) is 6.38. The van der Waals surface area contributed by atoms with Crippen molar-refractivity contribution in [1.29, 1.82) is 0 Å². The Hall–Kier alpha value is -2.22. The molecular weight excluding hydrogens is 271 g/mol. The molecule has 8 heteroatoms. The average Bonchev–Trinajstić information content (AvgIpc) is 2.41. The summed E-state index contributed by atoms with van der Waals surface area (Å²) in [5.41, 5.74) is -0.390. The molecule has 0 aliphatic heterocycles. The SMILES string of the molecule is COCCCNC(=O)COc1cc(F)ccc1[N+](=O)[O-]. The minimum absolute atomic E-state index is 0.276. The molecule has 1 rings (SSSR count). The summed E-state index contributed by atoms with van der Waals surface area (Å²) in [5, 5.41) is 13.3. The van der Waals surface area contributed by atoms with Gasteiger partial charge in [0.2, 0.25) is 5.75 Å². The number of halogens is 1. The maximum atomic E-state index is 13.0. The monoisotopic (exact) mass is 286 g/mol. The number of nitrogens with zero attached hydrogens (tertiary/aromatic N) is 1. The van der Waals surface area contributed by atoms with Crippen molar-refractivity contribution in [1.82, 2.24) is 5.32 Å². The van der Waals surface area contributed by atoms with Gasteiger partial charge in [0.15, 0.2) is 6.61 Å². The normalized spacial score (nSPS) is 10.1. The van der Waals surface area contributed by atoms with E-state index in [1.807, 2.05) is 0 Å². The van der Waals surface area contributed by atoms with Gasteiger partial charge in [-0.05, 0) is 12.5 Å². The lowest BCUT2D eigenvalue weighted by Crippen LogP contribution is -2.30. The van der Waals surface area contributed by atoms with Crippen LogP contribution in [0.3, 0.4) is 0 Å². The van der Waals surface area contributed by atoms with E-state index >= 15 is 0 Å². The van der Waals surface area contributed by atoms with Crippen LogP contribution in [-0.2, 0) is 9.53 Å². The Labute approximate surface area is 114 Å². The second kappa shape index (κ2) is 8.05. The zero-order valence-electron chi connectivity index (χ0n) is 10.9. The molecule has 0 saturated carbocycles. The number of carbonyl (C=O) groups excluding carboxylic acids is 1. The molecule has 7 nitrogen and oxygen atoms in total. The molecule has 0 saturated heterocycles. The molecule has 0 aliphatic rings. The highest BCUT2D eigenvalue weighted by Gasteiger charge is 2.16. The van der Waals surface area contributed by atoms with Crippen LogP contribution in [0.1, 0.15) is 6.42 Å². The summed E-state index contributed by atoms with van der Waals surface area (Å²) >= 11 is 0. The maximum absolute atomic E-state index is 13.0. The van der Waals surface area contributed by atoms with Gasteiger partial charge in [-0.25, -0.2) is 4.39 Å². The summed E-state index contributed by atoms with van der Waals surface area (Å²) < 4.78 is 22.8. The predicted octanol–water partition coefficient (Wildman–Crippen LogP) is 1.27. The first kappa shape index (κ1) is 15.8. The van der Waals surface area contributed by atoms with Crippen molar-refractivity contribution >= 4 is 11.6 Å². The smallest absolute Gasteiger partial charge is 0.311 e. The first-order valence-corrected chi connectivity index (χ1v) is 5.87. The molecule has 1 N–H and O–H groups in total. The third kappa shape index (κ3) is 5.19. The molecule has 1 aromatic carbocycles. The van der Waals surface area contributed by atoms with E-state index in [4.69, 9.17) is 9.47 Å². The van der Waals surface area contributed by atoms with Gasteiger partial charge in [-0.2, -0.15) is 0 Å². The maximum Gasteiger partial charge on any atom is 0.311 e. The fourth-order valence-corrected chi connectivity index (χ4v) is 1.39. The van der Waals surface area contributed by atoms with E-state index in [9.17, 15) is 19.3 Å². The van der Waals surface area contributed by atoms with Crippen LogP contribution < -0.4 is 10.1 Å². The van der Waals surface area contributed by atoms with Gasteiger partial charge in [0, 0.05) is 32.4 Å². The number of benzene rings is 1. The highest BCUT2D eigenvalue weighted by molar-refractivity contribution is 5.77. The second-order valence-corrected chi connectivity index (χ2v) is 3.85. The number of carbonyl (C=O) groups is 1. The molecule has 20 heavy (non-hydrogen) atoms. The zero-order valence-corrected chi connectivity index (χ0v) is 10.9. The molecule has 1 aromatic rings. The molecule has 0 bridgehead atoms. The van der Waals surface area contributed by atoms with E-state index in [0.717, 1.165) is 18.2 Å². The molecule has 0 aromatic heterocycles. The standard InChI is InChI=1S/C12H15FN2O5/c1-19-6-2-5-14-12(16)8-20-11-7-9(13)3-4-10(11)15(17)18/h3-4,7H,2,5-6,8H2,1H3,(H,14,16). The predicted molar refractivity (Wildman–Crippen MR) is 68.1 cm³/mol. The van der Waals surface area contributed by atoms with Crippen LogP contribution >= 0.6 is 0 Å². The van der Waals surface area contributed by atoms with E-state index in [-0.39, 0.29) is 5.75 Å². The van der Waals surface area contributed by atoms with E-state index in [1.165, 1.54) is 0 Å². The topological polar surface area (TPSA) is 90.7 Å². The van der Waals surface area contributed by atoms with Crippen LogP contribution in [0.4, 0.5) is 10.1 Å². The van der Waals surface area contributed by atoms with Crippen LogP contribution in [-0.4, -0.2) is 37.7 Å². The average molecular weight is 286 g/mol. The Morgan fingerprint density at radius 2 is 2.25 bits per heavy atom. The van der Waals surface area contributed by atoms with E-state index in [1.54, 1.807) is 7.11 Å². The Morgan fingerprint density at radius 3 is 2.90 bits per heavy atom. The van der Waals surface area contributed by atoms with Crippen molar-refractivity contribution < 1.29 is 23.6 Å². The lowest BCUT2D eigenvalue weighted by molar-refractivity contribution is -0.385. The molecule has 0 heterocycles. The number of rotatable bonds is 8. The zero-order chi connectivity index (χ0) is 15.0. The minimum Gasteiger partial charge on any atom is -0.477 e. The molecule has 0 fully saturated rings. The van der Waals surface area contributed by atoms with Gasteiger partial charge in [-0.15, -0.1) is 0 Å². The lowest BCUT2D eigenvalue weighted by atomic mass is 10.3. The largest absolute Gasteiger partial charge is 0.477 e. The number of nitro benzene ring substituents is 1. The first-order valence-electron chi connectivity index (χ1n) is 5.87. The van der Waals surface area contributed by atoms with Gasteiger partial charge < -0.3 is 14.8 Å². The number of methoxy groups -OCH3 is 1. The molecule has 0 unspecified atom stereocenters. The van der Waals surface area contributed by atoms with Gasteiger partial charge in [0.05, 0.1) is 4.92 Å². The number of hydrogen-bond donors (Lipinski definition) is 1. The third-order valence-electron chi connectivity index (χ3n) is 2.32. The highest BCUT2D eigenvalue weighted by atomic mass is 19.1. The van der Waals surface area contributed by atoms with Crippen LogP contribution in [0.15, 0.2) is 18.2 Å². The quantitative estimate of drug-likeness (QED) is 0.441. The summed E-state index contributed by atoms with van der Waals surface area (Å²) in [5.74, 6) is -1.40. The summed E-state index contributed by atoms with van der Waals surface area (Å²) in [6.07, 6.45) is 0.641.